The minimum Gasteiger partial charge on any atom is -0.456 e. The number of para-hydroxylation sites is 1. The largest absolute Gasteiger partial charge is 0.456 e. The van der Waals surface area contributed by atoms with Crippen LogP contribution in [0.2, 0.25) is 0 Å². The van der Waals surface area contributed by atoms with Gasteiger partial charge in [0, 0.05) is 16.5 Å². The number of hydrogen-bond acceptors (Lipinski definition) is 1. The van der Waals surface area contributed by atoms with Crippen molar-refractivity contribution in [2.45, 2.75) is 20.8 Å². The van der Waals surface area contributed by atoms with Gasteiger partial charge < -0.3 is 4.42 Å². The molecule has 3 aromatic rings. The number of hydrogen-bond donors (Lipinski definition) is 0. The molecule has 18 heavy (non-hydrogen) atoms. The summed E-state index contributed by atoms with van der Waals surface area (Å²) in [6, 6.07) is 14.7. The van der Waals surface area contributed by atoms with Gasteiger partial charge in [-0.2, -0.15) is 0 Å². The molecule has 0 aliphatic carbocycles. The van der Waals surface area contributed by atoms with Crippen LogP contribution in [0.25, 0.3) is 22.3 Å². The fourth-order valence-electron chi connectivity index (χ4n) is 2.33. The molecule has 1 heterocycles. The normalized spacial score (nSPS) is 11.1. The summed E-state index contributed by atoms with van der Waals surface area (Å²) in [5.41, 5.74) is 5.95. The van der Waals surface area contributed by atoms with Gasteiger partial charge in [0.05, 0.1) is 0 Å². The van der Waals surface area contributed by atoms with E-state index in [1.54, 1.807) is 0 Å². The van der Waals surface area contributed by atoms with E-state index in [-0.39, 0.29) is 0 Å². The van der Waals surface area contributed by atoms with Crippen LogP contribution < -0.4 is 0 Å². The maximum absolute atomic E-state index is 5.98. The number of furan rings is 1. The van der Waals surface area contributed by atoms with Gasteiger partial charge in [-0.25, -0.2) is 0 Å². The third-order valence-electron chi connectivity index (χ3n) is 3.61. The summed E-state index contributed by atoms with van der Waals surface area (Å²) < 4.78 is 5.98. The highest BCUT2D eigenvalue weighted by atomic mass is 16.3. The molecule has 0 saturated carbocycles. The summed E-state index contributed by atoms with van der Waals surface area (Å²) in [7, 11) is 0. The Morgan fingerprint density at radius 3 is 2.33 bits per heavy atom. The van der Waals surface area contributed by atoms with Crippen LogP contribution in [0.4, 0.5) is 0 Å². The zero-order chi connectivity index (χ0) is 12.7. The van der Waals surface area contributed by atoms with Gasteiger partial charge in [0.25, 0.3) is 0 Å². The molecule has 0 amide bonds. The standard InChI is InChI=1S/C17H16O/c1-11-8-9-14(10-12(11)2)17-13(3)15-6-4-5-7-16(15)18-17/h4-10H,1-3H3. The Morgan fingerprint density at radius 2 is 1.61 bits per heavy atom. The van der Waals surface area contributed by atoms with Gasteiger partial charge in [-0.1, -0.05) is 30.3 Å². The molecule has 0 fully saturated rings. The molecule has 90 valence electrons. The van der Waals surface area contributed by atoms with Crippen molar-refractivity contribution in [1.29, 1.82) is 0 Å². The lowest BCUT2D eigenvalue weighted by atomic mass is 10.0. The Balaban J connectivity index is 2.25. The van der Waals surface area contributed by atoms with E-state index in [0.29, 0.717) is 0 Å². The maximum Gasteiger partial charge on any atom is 0.138 e. The van der Waals surface area contributed by atoms with E-state index in [4.69, 9.17) is 4.42 Å². The molecule has 3 rings (SSSR count). The summed E-state index contributed by atoms with van der Waals surface area (Å²) in [4.78, 5) is 0. The van der Waals surface area contributed by atoms with Crippen LogP contribution in [-0.2, 0) is 0 Å². The molecular formula is C17H16O. The third kappa shape index (κ3) is 1.63. The molecule has 1 heteroatoms. The second kappa shape index (κ2) is 4.02. The molecule has 0 saturated heterocycles. The summed E-state index contributed by atoms with van der Waals surface area (Å²) in [5.74, 6) is 0.985. The van der Waals surface area contributed by atoms with Gasteiger partial charge in [0.2, 0.25) is 0 Å². The van der Waals surface area contributed by atoms with Gasteiger partial charge in [-0.3, -0.25) is 0 Å². The highest BCUT2D eigenvalue weighted by Gasteiger charge is 2.12. The molecule has 0 aliphatic heterocycles. The second-order valence-corrected chi connectivity index (χ2v) is 4.85. The highest BCUT2D eigenvalue weighted by molar-refractivity contribution is 5.87. The van der Waals surface area contributed by atoms with Gasteiger partial charge >= 0.3 is 0 Å². The van der Waals surface area contributed by atoms with Crippen molar-refractivity contribution in [3.05, 3.63) is 59.2 Å². The van der Waals surface area contributed by atoms with Crippen LogP contribution in [0.15, 0.2) is 46.9 Å². The fourth-order valence-corrected chi connectivity index (χ4v) is 2.33. The van der Waals surface area contributed by atoms with Gasteiger partial charge in [-0.05, 0) is 44.0 Å². The van der Waals surface area contributed by atoms with Crippen molar-refractivity contribution in [2.24, 2.45) is 0 Å². The summed E-state index contributed by atoms with van der Waals surface area (Å²) in [5, 5.41) is 1.20. The SMILES string of the molecule is Cc1ccc(-c2oc3ccccc3c2C)cc1C. The predicted octanol–water partition coefficient (Wildman–Crippen LogP) is 5.03. The first-order chi connectivity index (χ1) is 8.66. The Hall–Kier alpha value is -2.02. The minimum atomic E-state index is 0.961. The van der Waals surface area contributed by atoms with Crippen molar-refractivity contribution in [3.8, 4) is 11.3 Å². The number of benzene rings is 2. The predicted molar refractivity (Wildman–Crippen MR) is 75.9 cm³/mol. The smallest absolute Gasteiger partial charge is 0.138 e. The Labute approximate surface area is 107 Å². The van der Waals surface area contributed by atoms with Crippen molar-refractivity contribution >= 4 is 11.0 Å². The zero-order valence-electron chi connectivity index (χ0n) is 10.9. The van der Waals surface area contributed by atoms with Crippen LogP contribution in [0.1, 0.15) is 16.7 Å². The van der Waals surface area contributed by atoms with Crippen molar-refractivity contribution in [3.63, 3.8) is 0 Å². The molecule has 0 N–H and O–H groups in total. The molecule has 1 nitrogen and oxygen atoms in total. The minimum absolute atomic E-state index is 0.961. The van der Waals surface area contributed by atoms with Crippen LogP contribution in [0.3, 0.4) is 0 Å². The van der Waals surface area contributed by atoms with E-state index in [2.05, 4.69) is 51.1 Å². The first-order valence-corrected chi connectivity index (χ1v) is 6.22. The summed E-state index contributed by atoms with van der Waals surface area (Å²) in [6.45, 7) is 6.39. The number of aryl methyl sites for hydroxylation is 3. The van der Waals surface area contributed by atoms with Gasteiger partial charge in [-0.15, -0.1) is 0 Å². The van der Waals surface area contributed by atoms with Crippen LogP contribution in [-0.4, -0.2) is 0 Å². The molecule has 0 spiro atoms. The number of fused-ring (bicyclic) bond motifs is 1. The van der Waals surface area contributed by atoms with E-state index in [0.717, 1.165) is 16.9 Å². The highest BCUT2D eigenvalue weighted by Crippen LogP contribution is 2.33. The molecule has 0 radical (unpaired) electrons. The Morgan fingerprint density at radius 1 is 0.833 bits per heavy atom. The fraction of sp³-hybridized carbons (Fsp3) is 0.176. The molecule has 0 bridgehead atoms. The maximum atomic E-state index is 5.98. The van der Waals surface area contributed by atoms with E-state index >= 15 is 0 Å². The van der Waals surface area contributed by atoms with Gasteiger partial charge in [0.15, 0.2) is 0 Å². The second-order valence-electron chi connectivity index (χ2n) is 4.85. The van der Waals surface area contributed by atoms with Crippen molar-refractivity contribution < 1.29 is 4.42 Å². The quantitative estimate of drug-likeness (QED) is 0.578. The molecule has 0 atom stereocenters. The molecule has 0 aliphatic rings. The lowest BCUT2D eigenvalue weighted by Crippen LogP contribution is -1.83. The number of rotatable bonds is 1. The van der Waals surface area contributed by atoms with Crippen LogP contribution >= 0.6 is 0 Å². The van der Waals surface area contributed by atoms with E-state index in [1.807, 2.05) is 12.1 Å². The Kier molecular flexibility index (Phi) is 2.48. The van der Waals surface area contributed by atoms with Gasteiger partial charge in [0.1, 0.15) is 11.3 Å². The zero-order valence-corrected chi connectivity index (χ0v) is 10.9. The first-order valence-electron chi connectivity index (χ1n) is 6.22. The first kappa shape index (κ1) is 11.1. The average molecular weight is 236 g/mol. The average Bonchev–Trinajstić information content (AvgIpc) is 2.71. The third-order valence-corrected chi connectivity index (χ3v) is 3.61. The van der Waals surface area contributed by atoms with Crippen LogP contribution in [0, 0.1) is 20.8 Å². The van der Waals surface area contributed by atoms with E-state index < -0.39 is 0 Å². The molecule has 0 unspecified atom stereocenters. The summed E-state index contributed by atoms with van der Waals surface area (Å²) in [6.07, 6.45) is 0. The topological polar surface area (TPSA) is 13.1 Å². The molecule has 2 aromatic carbocycles. The lowest BCUT2D eigenvalue weighted by molar-refractivity contribution is 0.629. The lowest BCUT2D eigenvalue weighted by Gasteiger charge is -2.03. The van der Waals surface area contributed by atoms with Crippen LogP contribution in [0.5, 0.6) is 0 Å². The molecular weight excluding hydrogens is 220 g/mol. The monoisotopic (exact) mass is 236 g/mol. The van der Waals surface area contributed by atoms with E-state index in [1.165, 1.54) is 22.1 Å². The van der Waals surface area contributed by atoms with Crippen molar-refractivity contribution in [2.75, 3.05) is 0 Å². The van der Waals surface area contributed by atoms with Crippen molar-refractivity contribution in [1.82, 2.24) is 0 Å². The summed E-state index contributed by atoms with van der Waals surface area (Å²) >= 11 is 0. The molecule has 1 aromatic heterocycles. The Bertz CT molecular complexity index is 720. The van der Waals surface area contributed by atoms with E-state index in [9.17, 15) is 0 Å².